The quantitative estimate of drug-likeness (QED) is 0.616. The molecule has 0 saturated carbocycles. The van der Waals surface area contributed by atoms with Crippen LogP contribution >= 0.6 is 11.6 Å². The van der Waals surface area contributed by atoms with Crippen LogP contribution in [0.4, 0.5) is 8.78 Å². The van der Waals surface area contributed by atoms with Crippen LogP contribution < -0.4 is 5.73 Å². The van der Waals surface area contributed by atoms with Crippen molar-refractivity contribution in [3.63, 3.8) is 0 Å². The summed E-state index contributed by atoms with van der Waals surface area (Å²) in [4.78, 5) is 2.30. The smallest absolute Gasteiger partial charge is 0.123 e. The molecule has 0 unspecified atom stereocenters. The number of hydrogen-bond acceptors (Lipinski definition) is 2. The molecule has 1 saturated heterocycles. The molecule has 1 fully saturated rings. The van der Waals surface area contributed by atoms with Crippen LogP contribution in [0, 0.1) is 11.6 Å². The number of nitrogens with two attached hydrogens (primary N) is 1. The maximum atomic E-state index is 13.5. The molecule has 5 heteroatoms. The summed E-state index contributed by atoms with van der Waals surface area (Å²) in [5.41, 5.74) is 9.48. The molecule has 3 aromatic carbocycles. The normalized spacial score (nSPS) is 18.1. The van der Waals surface area contributed by atoms with Gasteiger partial charge in [-0.1, -0.05) is 48.0 Å². The topological polar surface area (TPSA) is 29.3 Å². The molecule has 2 atom stereocenters. The Hall–Kier alpha value is -2.27. The first-order valence-electron chi connectivity index (χ1n) is 9.30. The molecule has 1 aliphatic rings. The highest BCUT2D eigenvalue weighted by Gasteiger charge is 2.39. The van der Waals surface area contributed by atoms with Crippen molar-refractivity contribution in [2.45, 2.75) is 24.5 Å². The van der Waals surface area contributed by atoms with Crippen LogP contribution in [0.1, 0.15) is 35.2 Å². The number of benzene rings is 3. The van der Waals surface area contributed by atoms with E-state index in [1.807, 2.05) is 24.3 Å². The lowest BCUT2D eigenvalue weighted by Crippen LogP contribution is -2.54. The monoisotopic (exact) mass is 398 g/mol. The fraction of sp³-hybridized carbons (Fsp3) is 0.217. The minimum absolute atomic E-state index is 0.110. The van der Waals surface area contributed by atoms with E-state index in [0.29, 0.717) is 5.02 Å². The Bertz CT molecular complexity index is 898. The van der Waals surface area contributed by atoms with Crippen molar-refractivity contribution >= 4 is 11.6 Å². The number of nitrogens with zero attached hydrogens (tertiary/aromatic N) is 1. The maximum absolute atomic E-state index is 13.5. The summed E-state index contributed by atoms with van der Waals surface area (Å²) in [5.74, 6) is -0.560. The zero-order valence-corrected chi connectivity index (χ0v) is 16.0. The van der Waals surface area contributed by atoms with Gasteiger partial charge in [-0.15, -0.1) is 0 Å². The van der Waals surface area contributed by atoms with Crippen LogP contribution in [0.5, 0.6) is 0 Å². The molecule has 0 bridgehead atoms. The Balaban J connectivity index is 1.68. The van der Waals surface area contributed by atoms with Crippen LogP contribution in [0.2, 0.25) is 5.02 Å². The van der Waals surface area contributed by atoms with Gasteiger partial charge in [0.2, 0.25) is 0 Å². The summed E-state index contributed by atoms with van der Waals surface area (Å²) in [6, 6.07) is 20.4. The third-order valence-corrected chi connectivity index (χ3v) is 5.70. The summed E-state index contributed by atoms with van der Waals surface area (Å²) >= 11 is 6.13. The molecular formula is C23H21ClF2N2. The molecule has 144 valence electrons. The van der Waals surface area contributed by atoms with Crippen LogP contribution in [-0.4, -0.2) is 17.5 Å². The molecule has 28 heavy (non-hydrogen) atoms. The molecule has 1 heterocycles. The highest BCUT2D eigenvalue weighted by Crippen LogP contribution is 2.40. The second-order valence-electron chi connectivity index (χ2n) is 7.18. The summed E-state index contributed by atoms with van der Waals surface area (Å²) < 4.78 is 26.9. The van der Waals surface area contributed by atoms with E-state index in [0.717, 1.165) is 29.7 Å². The van der Waals surface area contributed by atoms with Crippen molar-refractivity contribution in [2.24, 2.45) is 5.73 Å². The second-order valence-corrected chi connectivity index (χ2v) is 7.62. The van der Waals surface area contributed by atoms with Gasteiger partial charge >= 0.3 is 0 Å². The molecule has 0 amide bonds. The average Bonchev–Trinajstić information content (AvgIpc) is 2.67. The highest BCUT2D eigenvalue weighted by atomic mass is 35.5. The van der Waals surface area contributed by atoms with Crippen LogP contribution in [0.3, 0.4) is 0 Å². The molecule has 0 aliphatic carbocycles. The minimum atomic E-state index is -0.280. The van der Waals surface area contributed by atoms with E-state index < -0.39 is 0 Å². The van der Waals surface area contributed by atoms with Gasteiger partial charge in [-0.3, -0.25) is 4.90 Å². The molecule has 3 aromatic rings. The van der Waals surface area contributed by atoms with E-state index in [9.17, 15) is 8.78 Å². The molecule has 2 N–H and O–H groups in total. The van der Waals surface area contributed by atoms with Crippen molar-refractivity contribution in [1.29, 1.82) is 0 Å². The molecule has 0 spiro atoms. The third-order valence-electron chi connectivity index (χ3n) is 5.46. The zero-order chi connectivity index (χ0) is 19.7. The van der Waals surface area contributed by atoms with Gasteiger partial charge < -0.3 is 5.73 Å². The third kappa shape index (κ3) is 3.81. The van der Waals surface area contributed by atoms with Crippen molar-refractivity contribution in [3.05, 3.63) is 106 Å². The first-order chi connectivity index (χ1) is 13.5. The zero-order valence-electron chi connectivity index (χ0n) is 15.2. The van der Waals surface area contributed by atoms with Crippen LogP contribution in [0.25, 0.3) is 0 Å². The summed E-state index contributed by atoms with van der Waals surface area (Å²) in [7, 11) is 0. The van der Waals surface area contributed by atoms with Gasteiger partial charge in [0.05, 0.1) is 6.04 Å². The maximum Gasteiger partial charge on any atom is 0.123 e. The van der Waals surface area contributed by atoms with E-state index >= 15 is 0 Å². The van der Waals surface area contributed by atoms with Gasteiger partial charge in [0, 0.05) is 23.7 Å². The standard InChI is InChI=1S/C23H21ClF2N2/c24-18-3-1-2-17(14-18)22(27)21-12-13-28(21)23(15-4-8-19(25)9-5-15)16-6-10-20(26)11-7-16/h1-11,14,21-23H,12-13,27H2/t21-,22+/m0/s1. The molecule has 2 nitrogen and oxygen atoms in total. The Morgan fingerprint density at radius 1 is 0.857 bits per heavy atom. The highest BCUT2D eigenvalue weighted by molar-refractivity contribution is 6.30. The molecule has 0 aromatic heterocycles. The van der Waals surface area contributed by atoms with Gasteiger partial charge in [0.15, 0.2) is 0 Å². The van der Waals surface area contributed by atoms with Gasteiger partial charge in [-0.25, -0.2) is 8.78 Å². The van der Waals surface area contributed by atoms with Crippen molar-refractivity contribution in [3.8, 4) is 0 Å². The molecule has 0 radical (unpaired) electrons. The van der Waals surface area contributed by atoms with Gasteiger partial charge in [0.25, 0.3) is 0 Å². The van der Waals surface area contributed by atoms with E-state index in [1.165, 1.54) is 24.3 Å². The molecule has 4 rings (SSSR count). The van der Waals surface area contributed by atoms with Gasteiger partial charge in [-0.05, 0) is 59.5 Å². The number of hydrogen-bond donors (Lipinski definition) is 1. The Morgan fingerprint density at radius 2 is 1.43 bits per heavy atom. The van der Waals surface area contributed by atoms with E-state index in [4.69, 9.17) is 17.3 Å². The summed E-state index contributed by atoms with van der Waals surface area (Å²) in [6.45, 7) is 0.859. The molecule has 1 aliphatic heterocycles. The second kappa shape index (κ2) is 8.00. The summed E-state index contributed by atoms with van der Waals surface area (Å²) in [6.07, 6.45) is 0.951. The first kappa shape index (κ1) is 19.1. The van der Waals surface area contributed by atoms with E-state index in [1.54, 1.807) is 24.3 Å². The lowest BCUT2D eigenvalue weighted by molar-refractivity contribution is 0.0392. The van der Waals surface area contributed by atoms with Crippen LogP contribution in [-0.2, 0) is 0 Å². The largest absolute Gasteiger partial charge is 0.323 e. The fourth-order valence-electron chi connectivity index (χ4n) is 3.94. The lowest BCUT2D eigenvalue weighted by Gasteiger charge is -2.49. The summed E-state index contributed by atoms with van der Waals surface area (Å²) in [5, 5.41) is 0.660. The van der Waals surface area contributed by atoms with Crippen molar-refractivity contribution < 1.29 is 8.78 Å². The Labute approximate surface area is 168 Å². The van der Waals surface area contributed by atoms with Gasteiger partial charge in [0.1, 0.15) is 11.6 Å². The lowest BCUT2D eigenvalue weighted by atomic mass is 9.85. The molecular weight excluding hydrogens is 378 g/mol. The van der Waals surface area contributed by atoms with E-state index in [-0.39, 0.29) is 29.8 Å². The van der Waals surface area contributed by atoms with E-state index in [2.05, 4.69) is 4.90 Å². The Kier molecular flexibility index (Phi) is 5.44. The number of halogens is 3. The minimum Gasteiger partial charge on any atom is -0.323 e. The fourth-order valence-corrected chi connectivity index (χ4v) is 4.13. The van der Waals surface area contributed by atoms with Crippen molar-refractivity contribution in [2.75, 3.05) is 6.54 Å². The first-order valence-corrected chi connectivity index (χ1v) is 9.68. The average molecular weight is 399 g/mol. The predicted molar refractivity (Wildman–Crippen MR) is 108 cm³/mol. The Morgan fingerprint density at radius 3 is 1.89 bits per heavy atom. The SMILES string of the molecule is N[C@H](c1cccc(Cl)c1)[C@@H]1CCN1C(c1ccc(F)cc1)c1ccc(F)cc1. The number of likely N-dealkylation sites (tertiary alicyclic amines) is 1. The predicted octanol–water partition coefficient (Wildman–Crippen LogP) is 5.48. The number of rotatable bonds is 5. The van der Waals surface area contributed by atoms with Crippen LogP contribution in [0.15, 0.2) is 72.8 Å². The van der Waals surface area contributed by atoms with Gasteiger partial charge in [-0.2, -0.15) is 0 Å². The van der Waals surface area contributed by atoms with Crippen molar-refractivity contribution in [1.82, 2.24) is 4.90 Å².